The van der Waals surface area contributed by atoms with Gasteiger partial charge in [0.15, 0.2) is 15.5 Å². The number of fused-ring (bicyclic) bond motifs is 1. The number of halogens is 3. The molecule has 1 aliphatic rings. The molecule has 0 unspecified atom stereocenters. The van der Waals surface area contributed by atoms with E-state index in [9.17, 15) is 21.6 Å². The Balaban J connectivity index is 2.21. The number of hydrogen-bond donors (Lipinski definition) is 0. The molecule has 0 fully saturated rings. The maximum atomic E-state index is 13.3. The van der Waals surface area contributed by atoms with E-state index in [4.69, 9.17) is 5.26 Å². The van der Waals surface area contributed by atoms with Gasteiger partial charge >= 0.3 is 6.18 Å². The summed E-state index contributed by atoms with van der Waals surface area (Å²) < 4.78 is 66.8. The fourth-order valence-corrected chi connectivity index (χ4v) is 4.18. The summed E-state index contributed by atoms with van der Waals surface area (Å²) >= 11 is 0. The second-order valence-electron chi connectivity index (χ2n) is 6.49. The molecule has 0 N–H and O–H groups in total. The fraction of sp³-hybridized carbons (Fsp3) is 0.250. The summed E-state index contributed by atoms with van der Waals surface area (Å²) in [6, 6.07) is 3.53. The smallest absolute Gasteiger partial charge is 0.312 e. The number of hydrogen-bond acceptors (Lipinski definition) is 5. The molecular formula is C20H17F3N4O2S. The Morgan fingerprint density at radius 1 is 1.33 bits per heavy atom. The minimum atomic E-state index is -4.67. The number of alkyl halides is 3. The summed E-state index contributed by atoms with van der Waals surface area (Å²) in [6.07, 6.45) is 2.61. The average Bonchev–Trinajstić information content (AvgIpc) is 2.87. The highest BCUT2D eigenvalue weighted by molar-refractivity contribution is 7.95. The van der Waals surface area contributed by atoms with Gasteiger partial charge in [-0.3, -0.25) is 0 Å². The summed E-state index contributed by atoms with van der Waals surface area (Å²) in [4.78, 5) is 8.30. The van der Waals surface area contributed by atoms with Crippen LogP contribution in [-0.2, 0) is 16.9 Å². The van der Waals surface area contributed by atoms with Crippen molar-refractivity contribution in [3.8, 4) is 6.07 Å². The molecule has 0 amide bonds. The molecule has 0 saturated carbocycles. The van der Waals surface area contributed by atoms with Gasteiger partial charge in [0.05, 0.1) is 22.3 Å². The molecule has 3 rings (SSSR count). The largest absolute Gasteiger partial charge is 0.416 e. The molecule has 2 aromatic rings. The lowest BCUT2D eigenvalue weighted by Crippen LogP contribution is -2.14. The zero-order chi connectivity index (χ0) is 22.1. The molecule has 156 valence electrons. The van der Waals surface area contributed by atoms with E-state index in [1.54, 1.807) is 13.1 Å². The lowest BCUT2D eigenvalue weighted by molar-refractivity contribution is -0.0883. The summed E-state index contributed by atoms with van der Waals surface area (Å²) in [6.45, 7) is 1.37. The van der Waals surface area contributed by atoms with Gasteiger partial charge in [-0.05, 0) is 30.2 Å². The maximum absolute atomic E-state index is 13.3. The third-order valence-corrected chi connectivity index (χ3v) is 6.34. The molecule has 6 nitrogen and oxygen atoms in total. The maximum Gasteiger partial charge on any atom is 0.416 e. The first-order valence-corrected chi connectivity index (χ1v) is 10.5. The molecule has 0 atom stereocenters. The number of allylic oxidation sites excluding steroid dienone is 6. The number of nitrogens with zero attached hydrogens (tertiary/aromatic N) is 4. The fourth-order valence-electron chi connectivity index (χ4n) is 3.05. The average molecular weight is 434 g/mol. The van der Waals surface area contributed by atoms with Crippen LogP contribution in [0, 0.1) is 11.3 Å². The third kappa shape index (κ3) is 4.07. The van der Waals surface area contributed by atoms with Gasteiger partial charge in [0.1, 0.15) is 11.3 Å². The summed E-state index contributed by atoms with van der Waals surface area (Å²) in [7, 11) is -2.36. The Morgan fingerprint density at radius 3 is 2.70 bits per heavy atom. The van der Waals surface area contributed by atoms with Gasteiger partial charge in [-0.1, -0.05) is 19.1 Å². The number of sulfone groups is 1. The molecule has 0 spiro atoms. The standard InChI is InChI=1S/C20H17F3N4O2S/c1-3-30(28,29)17-11-14(20(21,22)23)7-4-8-15(17)18-26-16-10-13(6-5-9-24)12-25-19(16)27(18)2/h5-8,10-12H,3-4H2,1-2H3/b6-5+. The predicted octanol–water partition coefficient (Wildman–Crippen LogP) is 4.10. The van der Waals surface area contributed by atoms with Crippen molar-refractivity contribution in [2.24, 2.45) is 7.05 Å². The van der Waals surface area contributed by atoms with Crippen molar-refractivity contribution < 1.29 is 21.6 Å². The molecule has 2 heterocycles. The molecule has 0 radical (unpaired) electrons. The zero-order valence-electron chi connectivity index (χ0n) is 16.1. The van der Waals surface area contributed by atoms with Gasteiger partial charge in [0, 0.05) is 24.9 Å². The van der Waals surface area contributed by atoms with E-state index in [0.717, 1.165) is 6.08 Å². The number of aromatic nitrogens is 3. The third-order valence-electron chi connectivity index (χ3n) is 4.58. The van der Waals surface area contributed by atoms with Gasteiger partial charge in [-0.25, -0.2) is 18.4 Å². The SMILES string of the molecule is CCS(=O)(=O)C1=CC(C(F)(F)F)=CCC=C1c1nc2cc(/C=C/C#N)cnc2n1C. The van der Waals surface area contributed by atoms with Crippen LogP contribution in [0.3, 0.4) is 0 Å². The summed E-state index contributed by atoms with van der Waals surface area (Å²) in [5.74, 6) is -0.161. The minimum absolute atomic E-state index is 0.0990. The van der Waals surface area contributed by atoms with E-state index in [-0.39, 0.29) is 23.6 Å². The van der Waals surface area contributed by atoms with Crippen LogP contribution in [0.2, 0.25) is 0 Å². The van der Waals surface area contributed by atoms with Crippen LogP contribution in [0.5, 0.6) is 0 Å². The Labute approximate surface area is 171 Å². The van der Waals surface area contributed by atoms with Crippen LogP contribution in [0.1, 0.15) is 24.7 Å². The van der Waals surface area contributed by atoms with Gasteiger partial charge in [0.25, 0.3) is 0 Å². The molecule has 0 bridgehead atoms. The van der Waals surface area contributed by atoms with Gasteiger partial charge in [-0.2, -0.15) is 18.4 Å². The first-order valence-electron chi connectivity index (χ1n) is 8.90. The second kappa shape index (κ2) is 7.91. The topological polar surface area (TPSA) is 88.6 Å². The normalized spacial score (nSPS) is 15.5. The number of nitriles is 1. The van der Waals surface area contributed by atoms with E-state index < -0.39 is 26.5 Å². The quantitative estimate of drug-likeness (QED) is 0.676. The van der Waals surface area contributed by atoms with Crippen LogP contribution >= 0.6 is 0 Å². The molecular weight excluding hydrogens is 417 g/mol. The zero-order valence-corrected chi connectivity index (χ0v) is 16.9. The highest BCUT2D eigenvalue weighted by atomic mass is 32.2. The number of rotatable bonds is 4. The van der Waals surface area contributed by atoms with Crippen molar-refractivity contribution in [3.05, 3.63) is 58.4 Å². The van der Waals surface area contributed by atoms with Crippen molar-refractivity contribution >= 4 is 32.7 Å². The van der Waals surface area contributed by atoms with E-state index in [1.807, 2.05) is 6.07 Å². The minimum Gasteiger partial charge on any atom is -0.312 e. The monoisotopic (exact) mass is 434 g/mol. The van der Waals surface area contributed by atoms with E-state index >= 15 is 0 Å². The lowest BCUT2D eigenvalue weighted by atomic mass is 10.2. The molecule has 0 aromatic carbocycles. The van der Waals surface area contributed by atoms with Gasteiger partial charge in [0.2, 0.25) is 0 Å². The van der Waals surface area contributed by atoms with E-state index in [1.165, 1.54) is 35.9 Å². The highest BCUT2D eigenvalue weighted by Gasteiger charge is 2.35. The number of pyridine rings is 1. The first kappa shape index (κ1) is 21.5. The van der Waals surface area contributed by atoms with Crippen molar-refractivity contribution in [1.82, 2.24) is 14.5 Å². The van der Waals surface area contributed by atoms with Crippen LogP contribution in [0.4, 0.5) is 13.2 Å². The molecule has 1 aliphatic carbocycles. The molecule has 10 heteroatoms. The van der Waals surface area contributed by atoms with Gasteiger partial charge in [-0.15, -0.1) is 0 Å². The number of aryl methyl sites for hydroxylation is 1. The van der Waals surface area contributed by atoms with E-state index in [0.29, 0.717) is 22.8 Å². The lowest BCUT2D eigenvalue weighted by Gasteiger charge is -2.13. The predicted molar refractivity (Wildman–Crippen MR) is 107 cm³/mol. The van der Waals surface area contributed by atoms with Gasteiger partial charge < -0.3 is 4.57 Å². The van der Waals surface area contributed by atoms with Crippen LogP contribution < -0.4 is 0 Å². The second-order valence-corrected chi connectivity index (χ2v) is 8.74. The van der Waals surface area contributed by atoms with Crippen LogP contribution in [0.15, 0.2) is 47.0 Å². The van der Waals surface area contributed by atoms with Crippen molar-refractivity contribution in [1.29, 1.82) is 5.26 Å². The van der Waals surface area contributed by atoms with Crippen LogP contribution in [-0.4, -0.2) is 34.9 Å². The van der Waals surface area contributed by atoms with Crippen molar-refractivity contribution in [2.75, 3.05) is 5.75 Å². The molecule has 0 saturated heterocycles. The Hall–Kier alpha value is -3.19. The summed E-state index contributed by atoms with van der Waals surface area (Å²) in [5.41, 5.74) is 0.557. The van der Waals surface area contributed by atoms with Crippen molar-refractivity contribution in [3.63, 3.8) is 0 Å². The van der Waals surface area contributed by atoms with Crippen LogP contribution in [0.25, 0.3) is 22.8 Å². The van der Waals surface area contributed by atoms with Crippen molar-refractivity contribution in [2.45, 2.75) is 19.5 Å². The number of imidazole rings is 1. The Kier molecular flexibility index (Phi) is 5.67. The molecule has 2 aromatic heterocycles. The molecule has 0 aliphatic heterocycles. The Bertz CT molecular complexity index is 1270. The van der Waals surface area contributed by atoms with E-state index in [2.05, 4.69) is 9.97 Å². The molecule has 30 heavy (non-hydrogen) atoms. The Morgan fingerprint density at radius 2 is 2.07 bits per heavy atom. The summed E-state index contributed by atoms with van der Waals surface area (Å²) in [5, 5.41) is 8.66. The first-order chi connectivity index (χ1) is 14.1. The highest BCUT2D eigenvalue weighted by Crippen LogP contribution is 2.37.